The van der Waals surface area contributed by atoms with Gasteiger partial charge in [0.2, 0.25) is 0 Å². The second kappa shape index (κ2) is 15.0. The Labute approximate surface area is 200 Å². The van der Waals surface area contributed by atoms with Crippen molar-refractivity contribution in [3.63, 3.8) is 0 Å². The highest BCUT2D eigenvalue weighted by Gasteiger charge is 2.28. The fourth-order valence-corrected chi connectivity index (χ4v) is 5.01. The molecule has 0 aliphatic heterocycles. The second-order valence-corrected chi connectivity index (χ2v) is 9.41. The number of aliphatic carboxylic acids is 1. The van der Waals surface area contributed by atoms with E-state index in [1.807, 2.05) is 0 Å². The van der Waals surface area contributed by atoms with Gasteiger partial charge in [-0.1, -0.05) is 45.4 Å². The molecular weight excluding hydrogens is 432 g/mol. The summed E-state index contributed by atoms with van der Waals surface area (Å²) in [6, 6.07) is 27.7. The average molecular weight is 467 g/mol. The zero-order chi connectivity index (χ0) is 23.9. The van der Waals surface area contributed by atoms with Gasteiger partial charge in [0, 0.05) is 5.97 Å². The zero-order valence-electron chi connectivity index (χ0n) is 19.8. The molecule has 0 saturated carbocycles. The van der Waals surface area contributed by atoms with Crippen LogP contribution in [0.15, 0.2) is 93.5 Å². The van der Waals surface area contributed by atoms with Crippen LogP contribution in [0.2, 0.25) is 0 Å². The molecule has 3 aromatic rings. The van der Waals surface area contributed by atoms with Crippen molar-refractivity contribution in [2.75, 3.05) is 13.2 Å². The molecule has 33 heavy (non-hydrogen) atoms. The van der Waals surface area contributed by atoms with Crippen LogP contribution < -0.4 is 14.6 Å². The van der Waals surface area contributed by atoms with Gasteiger partial charge in [-0.2, -0.15) is 0 Å². The van der Waals surface area contributed by atoms with Crippen molar-refractivity contribution in [2.45, 2.75) is 61.1 Å². The highest BCUT2D eigenvalue weighted by Crippen LogP contribution is 2.33. The maximum Gasteiger partial charge on any atom is 0.166 e. The summed E-state index contributed by atoms with van der Waals surface area (Å²) in [5, 5.41) is 9.49. The van der Waals surface area contributed by atoms with E-state index < -0.39 is 5.97 Å². The second-order valence-electron chi connectivity index (χ2n) is 7.38. The summed E-state index contributed by atoms with van der Waals surface area (Å²) in [7, 11) is -0.154. The molecule has 0 saturated heterocycles. The molecule has 0 N–H and O–H groups in total. The first-order valence-electron chi connectivity index (χ1n) is 11.5. The van der Waals surface area contributed by atoms with E-state index in [-0.39, 0.29) is 17.3 Å². The Kier molecular flexibility index (Phi) is 12.0. The lowest BCUT2D eigenvalue weighted by Crippen LogP contribution is -2.20. The van der Waals surface area contributed by atoms with Crippen molar-refractivity contribution in [2.24, 2.45) is 0 Å². The lowest BCUT2D eigenvalue weighted by molar-refractivity contribution is -0.305. The molecular formula is C28H34O4S. The fourth-order valence-electron chi connectivity index (χ4n) is 2.95. The first-order chi connectivity index (χ1) is 16.1. The van der Waals surface area contributed by atoms with Gasteiger partial charge in [-0.25, -0.2) is 0 Å². The van der Waals surface area contributed by atoms with Gasteiger partial charge in [0.25, 0.3) is 0 Å². The third-order valence-electron chi connectivity index (χ3n) is 4.50. The predicted molar refractivity (Wildman–Crippen MR) is 133 cm³/mol. The fraction of sp³-hybridized carbons (Fsp3) is 0.321. The van der Waals surface area contributed by atoms with E-state index in [0.717, 1.165) is 37.6 Å². The Morgan fingerprint density at radius 3 is 1.42 bits per heavy atom. The quantitative estimate of drug-likeness (QED) is 0.330. The molecule has 0 aromatic heterocycles. The molecule has 0 fully saturated rings. The maximum absolute atomic E-state index is 9.49. The number of hydrogen-bond donors (Lipinski definition) is 0. The monoisotopic (exact) mass is 466 g/mol. The molecule has 176 valence electrons. The summed E-state index contributed by atoms with van der Waals surface area (Å²) in [6.07, 6.45) is 2.88. The third kappa shape index (κ3) is 9.22. The van der Waals surface area contributed by atoms with E-state index in [1.165, 1.54) is 14.7 Å². The van der Waals surface area contributed by atoms with Crippen LogP contribution in [0.1, 0.15) is 46.5 Å². The Hall–Kier alpha value is -2.92. The Morgan fingerprint density at radius 1 is 0.667 bits per heavy atom. The summed E-state index contributed by atoms with van der Waals surface area (Å²) in [4.78, 5) is 13.4. The number of carbonyl (C=O) groups excluding carboxylic acids is 1. The van der Waals surface area contributed by atoms with E-state index >= 15 is 0 Å². The molecule has 0 unspecified atom stereocenters. The van der Waals surface area contributed by atoms with Gasteiger partial charge >= 0.3 is 0 Å². The number of hydrogen-bond acceptors (Lipinski definition) is 4. The van der Waals surface area contributed by atoms with Gasteiger partial charge in [0.15, 0.2) is 14.7 Å². The Balaban J connectivity index is 0.000000569. The van der Waals surface area contributed by atoms with Crippen molar-refractivity contribution in [3.05, 3.63) is 78.9 Å². The summed E-state index contributed by atoms with van der Waals surface area (Å²) in [5.74, 6) is 0.901. The summed E-state index contributed by atoms with van der Waals surface area (Å²) < 4.78 is 11.5. The zero-order valence-corrected chi connectivity index (χ0v) is 20.6. The molecule has 0 bridgehead atoms. The van der Waals surface area contributed by atoms with Gasteiger partial charge in [-0.05, 0) is 79.9 Å². The van der Waals surface area contributed by atoms with Crippen LogP contribution in [0.5, 0.6) is 11.5 Å². The standard InChI is InChI=1S/C24H27O2S.C4H8O2/c1-3-18-25-20-10-14-23(15-11-20)27(22-8-6-5-7-9-22)24-16-12-21(13-17-24)26-19-4-2;1-2-3-4(5)6/h5-17H,3-4,18-19H2,1-2H3;2-3H2,1H3,(H,5,6)/q+1;/p-1. The molecule has 0 aliphatic rings. The first kappa shape index (κ1) is 26.3. The minimum absolute atomic E-state index is 0.154. The number of carbonyl (C=O) groups is 1. The van der Waals surface area contributed by atoms with Crippen LogP contribution in [0.3, 0.4) is 0 Å². The highest BCUT2D eigenvalue weighted by molar-refractivity contribution is 7.97. The molecule has 4 nitrogen and oxygen atoms in total. The van der Waals surface area contributed by atoms with Gasteiger partial charge in [0.1, 0.15) is 11.5 Å². The molecule has 0 heterocycles. The van der Waals surface area contributed by atoms with Crippen LogP contribution in [0, 0.1) is 0 Å². The molecule has 0 amide bonds. The summed E-state index contributed by atoms with van der Waals surface area (Å²) in [6.45, 7) is 7.55. The molecule has 0 spiro atoms. The number of ether oxygens (including phenoxy) is 2. The largest absolute Gasteiger partial charge is 0.550 e. The Morgan fingerprint density at radius 2 is 1.09 bits per heavy atom. The lowest BCUT2D eigenvalue weighted by atomic mass is 10.3. The van der Waals surface area contributed by atoms with E-state index in [4.69, 9.17) is 9.47 Å². The van der Waals surface area contributed by atoms with Crippen LogP contribution in [-0.2, 0) is 15.7 Å². The number of benzene rings is 3. The average Bonchev–Trinajstić information content (AvgIpc) is 2.84. The van der Waals surface area contributed by atoms with Gasteiger partial charge in [0.05, 0.1) is 24.1 Å². The SMILES string of the molecule is CCCC(=O)[O-].CCCOc1ccc([S+](c2ccccc2)c2ccc(OCCC)cc2)cc1. The molecule has 0 radical (unpaired) electrons. The van der Waals surface area contributed by atoms with E-state index in [2.05, 4.69) is 92.7 Å². The molecule has 3 rings (SSSR count). The van der Waals surface area contributed by atoms with Gasteiger partial charge in [-0.15, -0.1) is 0 Å². The van der Waals surface area contributed by atoms with Gasteiger partial charge < -0.3 is 19.4 Å². The number of rotatable bonds is 11. The van der Waals surface area contributed by atoms with Crippen molar-refractivity contribution >= 4 is 16.9 Å². The van der Waals surface area contributed by atoms with Crippen molar-refractivity contribution in [1.82, 2.24) is 0 Å². The normalized spacial score (nSPS) is 10.3. The van der Waals surface area contributed by atoms with E-state index in [0.29, 0.717) is 6.42 Å². The first-order valence-corrected chi connectivity index (χ1v) is 12.8. The van der Waals surface area contributed by atoms with Crippen LogP contribution in [0.25, 0.3) is 0 Å². The minimum Gasteiger partial charge on any atom is -0.550 e. The topological polar surface area (TPSA) is 58.6 Å². The number of carboxylic acids is 1. The van der Waals surface area contributed by atoms with E-state index in [1.54, 1.807) is 6.92 Å². The van der Waals surface area contributed by atoms with Crippen LogP contribution >= 0.6 is 0 Å². The van der Waals surface area contributed by atoms with Crippen molar-refractivity contribution < 1.29 is 19.4 Å². The molecule has 5 heteroatoms. The molecule has 3 aromatic carbocycles. The van der Waals surface area contributed by atoms with Crippen molar-refractivity contribution in [1.29, 1.82) is 0 Å². The maximum atomic E-state index is 9.49. The lowest BCUT2D eigenvalue weighted by Gasteiger charge is -2.10. The van der Waals surface area contributed by atoms with Crippen LogP contribution in [-0.4, -0.2) is 19.2 Å². The molecule has 0 atom stereocenters. The van der Waals surface area contributed by atoms with Crippen molar-refractivity contribution in [3.8, 4) is 11.5 Å². The van der Waals surface area contributed by atoms with E-state index in [9.17, 15) is 9.90 Å². The van der Waals surface area contributed by atoms with Gasteiger partial charge in [-0.3, -0.25) is 0 Å². The number of carboxylic acid groups (broad SMARTS) is 1. The Bertz CT molecular complexity index is 873. The third-order valence-corrected chi connectivity index (χ3v) is 6.73. The molecule has 0 aliphatic carbocycles. The minimum atomic E-state index is -0.961. The summed E-state index contributed by atoms with van der Waals surface area (Å²) in [5.41, 5.74) is 0. The predicted octanol–water partition coefficient (Wildman–Crippen LogP) is 5.90. The smallest absolute Gasteiger partial charge is 0.166 e. The van der Waals surface area contributed by atoms with Crippen LogP contribution in [0.4, 0.5) is 0 Å². The summed E-state index contributed by atoms with van der Waals surface area (Å²) >= 11 is 0. The highest BCUT2D eigenvalue weighted by atomic mass is 32.2.